The van der Waals surface area contributed by atoms with Crippen molar-refractivity contribution in [2.75, 3.05) is 13.2 Å². The van der Waals surface area contributed by atoms with Crippen molar-refractivity contribution in [1.82, 2.24) is 4.90 Å². The van der Waals surface area contributed by atoms with Crippen LogP contribution in [0.15, 0.2) is 18.2 Å². The zero-order valence-corrected chi connectivity index (χ0v) is 12.6. The number of aliphatic hydroxyl groups excluding tert-OH is 1. The Kier molecular flexibility index (Phi) is 5.18. The van der Waals surface area contributed by atoms with E-state index in [2.05, 4.69) is 32.0 Å². The Labute approximate surface area is 121 Å². The van der Waals surface area contributed by atoms with Gasteiger partial charge in [0.1, 0.15) is 0 Å². The van der Waals surface area contributed by atoms with Crippen LogP contribution in [-0.4, -0.2) is 35.1 Å². The Hall–Kier alpha value is -1.35. The van der Waals surface area contributed by atoms with Gasteiger partial charge in [-0.05, 0) is 50.7 Å². The van der Waals surface area contributed by atoms with Gasteiger partial charge >= 0.3 is 0 Å². The molecule has 0 radical (unpaired) electrons. The molecular weight excluding hydrogens is 250 g/mol. The van der Waals surface area contributed by atoms with Crippen molar-refractivity contribution >= 4 is 5.91 Å². The van der Waals surface area contributed by atoms with Gasteiger partial charge in [-0.25, -0.2) is 0 Å². The van der Waals surface area contributed by atoms with Crippen LogP contribution in [0.25, 0.3) is 0 Å². The lowest BCUT2D eigenvalue weighted by Gasteiger charge is -2.25. The molecule has 3 heteroatoms. The van der Waals surface area contributed by atoms with Crippen LogP contribution in [0.4, 0.5) is 0 Å². The first-order chi connectivity index (χ1) is 9.61. The topological polar surface area (TPSA) is 40.5 Å². The molecule has 0 saturated carbocycles. The van der Waals surface area contributed by atoms with Gasteiger partial charge in [-0.1, -0.05) is 23.8 Å². The highest BCUT2D eigenvalue weighted by atomic mass is 16.3. The Balaban J connectivity index is 2.01. The van der Waals surface area contributed by atoms with Crippen molar-refractivity contribution in [3.05, 3.63) is 34.9 Å². The van der Waals surface area contributed by atoms with E-state index in [1.54, 1.807) is 0 Å². The van der Waals surface area contributed by atoms with Crippen LogP contribution in [0.1, 0.15) is 42.4 Å². The molecule has 20 heavy (non-hydrogen) atoms. The fraction of sp³-hybridized carbons (Fsp3) is 0.588. The quantitative estimate of drug-likeness (QED) is 0.897. The number of benzene rings is 1. The predicted molar refractivity (Wildman–Crippen MR) is 80.7 cm³/mol. The van der Waals surface area contributed by atoms with Crippen LogP contribution < -0.4 is 0 Å². The van der Waals surface area contributed by atoms with E-state index in [9.17, 15) is 4.79 Å². The monoisotopic (exact) mass is 275 g/mol. The maximum absolute atomic E-state index is 12.5. The Morgan fingerprint density at radius 1 is 1.40 bits per heavy atom. The summed E-state index contributed by atoms with van der Waals surface area (Å²) in [4.78, 5) is 14.5. The first kappa shape index (κ1) is 15.0. The molecule has 1 saturated heterocycles. The van der Waals surface area contributed by atoms with Crippen LogP contribution >= 0.6 is 0 Å². The van der Waals surface area contributed by atoms with Crippen molar-refractivity contribution in [1.29, 1.82) is 0 Å². The van der Waals surface area contributed by atoms with Crippen molar-refractivity contribution in [2.24, 2.45) is 0 Å². The number of aliphatic hydroxyl groups is 1. The van der Waals surface area contributed by atoms with Gasteiger partial charge in [0.05, 0.1) is 6.42 Å². The molecule has 1 fully saturated rings. The molecule has 0 aliphatic carbocycles. The van der Waals surface area contributed by atoms with E-state index in [4.69, 9.17) is 5.11 Å². The average Bonchev–Trinajstić information content (AvgIpc) is 2.89. The van der Waals surface area contributed by atoms with E-state index < -0.39 is 0 Å². The number of aryl methyl sites for hydroxylation is 2. The minimum atomic E-state index is 0.218. The molecule has 1 aliphatic rings. The first-order valence-corrected chi connectivity index (χ1v) is 7.58. The third-order valence-corrected chi connectivity index (χ3v) is 4.24. The van der Waals surface area contributed by atoms with Crippen molar-refractivity contribution in [3.63, 3.8) is 0 Å². The number of nitrogens with zero attached hydrogens (tertiary/aromatic N) is 1. The normalized spacial score (nSPS) is 18.6. The second kappa shape index (κ2) is 6.89. The standard InChI is InChI=1S/C17H25NO2/c1-13-7-8-14(2)15(11-13)12-17(20)18-9-3-5-16(18)6-4-10-19/h7-8,11,16,19H,3-6,9-10,12H2,1-2H3. The molecule has 110 valence electrons. The number of carbonyl (C=O) groups excluding carboxylic acids is 1. The summed E-state index contributed by atoms with van der Waals surface area (Å²) in [6.07, 6.45) is 4.39. The molecule has 3 nitrogen and oxygen atoms in total. The molecule has 1 N–H and O–H groups in total. The minimum absolute atomic E-state index is 0.218. The summed E-state index contributed by atoms with van der Waals surface area (Å²) in [5.74, 6) is 0.235. The molecule has 1 aromatic rings. The van der Waals surface area contributed by atoms with E-state index >= 15 is 0 Å². The molecule has 0 spiro atoms. The van der Waals surface area contributed by atoms with Gasteiger partial charge in [-0.3, -0.25) is 4.79 Å². The number of likely N-dealkylation sites (tertiary alicyclic amines) is 1. The van der Waals surface area contributed by atoms with Crippen LogP contribution in [0.5, 0.6) is 0 Å². The molecule has 2 rings (SSSR count). The van der Waals surface area contributed by atoms with E-state index in [-0.39, 0.29) is 12.5 Å². The lowest BCUT2D eigenvalue weighted by Crippen LogP contribution is -2.36. The number of rotatable bonds is 5. The second-order valence-electron chi connectivity index (χ2n) is 5.86. The van der Waals surface area contributed by atoms with Crippen molar-refractivity contribution in [2.45, 2.75) is 52.0 Å². The van der Waals surface area contributed by atoms with Gasteiger partial charge in [0.15, 0.2) is 0 Å². The highest BCUT2D eigenvalue weighted by Gasteiger charge is 2.28. The fourth-order valence-corrected chi connectivity index (χ4v) is 3.05. The van der Waals surface area contributed by atoms with E-state index in [0.717, 1.165) is 37.8 Å². The zero-order valence-electron chi connectivity index (χ0n) is 12.6. The molecule has 1 unspecified atom stereocenters. The molecule has 0 aromatic heterocycles. The summed E-state index contributed by atoms with van der Waals surface area (Å²) in [6, 6.07) is 6.63. The summed E-state index contributed by atoms with van der Waals surface area (Å²) in [7, 11) is 0. The van der Waals surface area contributed by atoms with Gasteiger partial charge in [0.2, 0.25) is 5.91 Å². The largest absolute Gasteiger partial charge is 0.396 e. The van der Waals surface area contributed by atoms with Crippen LogP contribution in [-0.2, 0) is 11.2 Å². The molecule has 0 bridgehead atoms. The number of amides is 1. The van der Waals surface area contributed by atoms with Gasteiger partial charge < -0.3 is 10.0 Å². The van der Waals surface area contributed by atoms with Crippen LogP contribution in [0.2, 0.25) is 0 Å². The maximum atomic E-state index is 12.5. The third kappa shape index (κ3) is 3.60. The van der Waals surface area contributed by atoms with Crippen LogP contribution in [0, 0.1) is 13.8 Å². The van der Waals surface area contributed by atoms with E-state index in [1.807, 2.05) is 4.90 Å². The van der Waals surface area contributed by atoms with Crippen molar-refractivity contribution < 1.29 is 9.90 Å². The lowest BCUT2D eigenvalue weighted by atomic mass is 10.0. The maximum Gasteiger partial charge on any atom is 0.227 e. The van der Waals surface area contributed by atoms with Crippen LogP contribution in [0.3, 0.4) is 0 Å². The van der Waals surface area contributed by atoms with E-state index in [0.29, 0.717) is 12.5 Å². The van der Waals surface area contributed by atoms with E-state index in [1.165, 1.54) is 11.1 Å². The highest BCUT2D eigenvalue weighted by Crippen LogP contribution is 2.23. The number of hydrogen-bond donors (Lipinski definition) is 1. The Morgan fingerprint density at radius 3 is 2.95 bits per heavy atom. The molecule has 1 atom stereocenters. The predicted octanol–water partition coefficient (Wildman–Crippen LogP) is 2.61. The Morgan fingerprint density at radius 2 is 2.20 bits per heavy atom. The minimum Gasteiger partial charge on any atom is -0.396 e. The molecule has 1 amide bonds. The second-order valence-corrected chi connectivity index (χ2v) is 5.86. The summed E-state index contributed by atoms with van der Waals surface area (Å²) >= 11 is 0. The average molecular weight is 275 g/mol. The smallest absolute Gasteiger partial charge is 0.227 e. The summed E-state index contributed by atoms with van der Waals surface area (Å²) < 4.78 is 0. The first-order valence-electron chi connectivity index (χ1n) is 7.58. The van der Waals surface area contributed by atoms with Crippen molar-refractivity contribution in [3.8, 4) is 0 Å². The third-order valence-electron chi connectivity index (χ3n) is 4.24. The highest BCUT2D eigenvalue weighted by molar-refractivity contribution is 5.79. The lowest BCUT2D eigenvalue weighted by molar-refractivity contribution is -0.131. The summed E-state index contributed by atoms with van der Waals surface area (Å²) in [5.41, 5.74) is 3.54. The molecule has 1 aromatic carbocycles. The van der Waals surface area contributed by atoms with Gasteiger partial charge in [0, 0.05) is 19.2 Å². The van der Waals surface area contributed by atoms with Gasteiger partial charge in [-0.15, -0.1) is 0 Å². The van der Waals surface area contributed by atoms with Gasteiger partial charge in [0.25, 0.3) is 0 Å². The number of carbonyl (C=O) groups is 1. The summed E-state index contributed by atoms with van der Waals surface area (Å²) in [6.45, 7) is 5.22. The molecular formula is C17H25NO2. The van der Waals surface area contributed by atoms with Gasteiger partial charge in [-0.2, -0.15) is 0 Å². The Bertz CT molecular complexity index is 470. The fourth-order valence-electron chi connectivity index (χ4n) is 3.05. The zero-order chi connectivity index (χ0) is 14.5. The SMILES string of the molecule is Cc1ccc(C)c(CC(=O)N2CCCC2CCCO)c1. The summed E-state index contributed by atoms with van der Waals surface area (Å²) in [5, 5.41) is 8.95. The molecule has 1 aliphatic heterocycles. The number of hydrogen-bond acceptors (Lipinski definition) is 2. The molecule has 1 heterocycles.